The van der Waals surface area contributed by atoms with Crippen LogP contribution in [-0.2, 0) is 4.74 Å². The predicted molar refractivity (Wildman–Crippen MR) is 64.1 cm³/mol. The Labute approximate surface area is 97.2 Å². The minimum Gasteiger partial charge on any atom is -0.371 e. The van der Waals surface area contributed by atoms with E-state index in [0.29, 0.717) is 12.5 Å². The second-order valence-electron chi connectivity index (χ2n) is 4.23. The van der Waals surface area contributed by atoms with E-state index in [1.165, 1.54) is 11.1 Å². The summed E-state index contributed by atoms with van der Waals surface area (Å²) in [7, 11) is 0. The maximum absolute atomic E-state index is 5.98. The summed E-state index contributed by atoms with van der Waals surface area (Å²) in [4.78, 5) is 0. The van der Waals surface area contributed by atoms with Gasteiger partial charge in [-0.05, 0) is 17.0 Å². The molecular formula is C12H18ClNO. The molecule has 2 rings (SSSR count). The topological polar surface area (TPSA) is 35.2 Å². The van der Waals surface area contributed by atoms with Crippen molar-refractivity contribution in [1.82, 2.24) is 0 Å². The molecule has 2 atom stereocenters. The lowest BCUT2D eigenvalue weighted by atomic mass is 9.89. The molecule has 15 heavy (non-hydrogen) atoms. The second-order valence-corrected chi connectivity index (χ2v) is 4.23. The maximum Gasteiger partial charge on any atom is 0.0852 e. The molecule has 0 saturated heterocycles. The van der Waals surface area contributed by atoms with Gasteiger partial charge in [0.05, 0.1) is 18.8 Å². The Balaban J connectivity index is 0.00000112. The first-order chi connectivity index (χ1) is 6.70. The van der Waals surface area contributed by atoms with Crippen LogP contribution in [0.15, 0.2) is 24.3 Å². The molecule has 0 spiro atoms. The molecule has 2 nitrogen and oxygen atoms in total. The number of rotatable bonds is 1. The minimum absolute atomic E-state index is 0. The monoisotopic (exact) mass is 227 g/mol. The molecule has 0 saturated carbocycles. The molecular weight excluding hydrogens is 210 g/mol. The highest BCUT2D eigenvalue weighted by Crippen LogP contribution is 2.35. The van der Waals surface area contributed by atoms with Crippen LogP contribution in [0.2, 0.25) is 0 Å². The standard InChI is InChI=1S/C12H17NO.ClH/c1-8(2)12-10-6-4-3-5-9(10)11(13)7-14-12;/h3-6,8,11-12H,7,13H2,1-2H3;1H. The molecule has 1 heterocycles. The first-order valence-electron chi connectivity index (χ1n) is 5.16. The van der Waals surface area contributed by atoms with Crippen LogP contribution < -0.4 is 5.73 Å². The van der Waals surface area contributed by atoms with Gasteiger partial charge in [0.1, 0.15) is 0 Å². The first kappa shape index (κ1) is 12.5. The highest BCUT2D eigenvalue weighted by atomic mass is 35.5. The average molecular weight is 228 g/mol. The summed E-state index contributed by atoms with van der Waals surface area (Å²) < 4.78 is 5.75. The van der Waals surface area contributed by atoms with Gasteiger partial charge in [-0.25, -0.2) is 0 Å². The van der Waals surface area contributed by atoms with Crippen LogP contribution in [0.25, 0.3) is 0 Å². The summed E-state index contributed by atoms with van der Waals surface area (Å²) in [6.07, 6.45) is 0.214. The Morgan fingerprint density at radius 3 is 2.47 bits per heavy atom. The van der Waals surface area contributed by atoms with E-state index in [4.69, 9.17) is 10.5 Å². The van der Waals surface area contributed by atoms with Crippen molar-refractivity contribution in [3.63, 3.8) is 0 Å². The van der Waals surface area contributed by atoms with Gasteiger partial charge in [0.2, 0.25) is 0 Å². The van der Waals surface area contributed by atoms with E-state index in [9.17, 15) is 0 Å². The van der Waals surface area contributed by atoms with E-state index in [2.05, 4.69) is 32.0 Å². The quantitative estimate of drug-likeness (QED) is 0.801. The average Bonchev–Trinajstić information content (AvgIpc) is 2.18. The number of hydrogen-bond donors (Lipinski definition) is 1. The van der Waals surface area contributed by atoms with Gasteiger partial charge >= 0.3 is 0 Å². The molecule has 1 aliphatic heterocycles. The van der Waals surface area contributed by atoms with Crippen LogP contribution in [-0.4, -0.2) is 6.61 Å². The van der Waals surface area contributed by atoms with Crippen LogP contribution in [0.5, 0.6) is 0 Å². The minimum atomic E-state index is 0. The normalized spacial score (nSPS) is 24.5. The zero-order valence-corrected chi connectivity index (χ0v) is 9.96. The lowest BCUT2D eigenvalue weighted by molar-refractivity contribution is -0.000484. The summed E-state index contributed by atoms with van der Waals surface area (Å²) in [6.45, 7) is 5.00. The molecule has 3 heteroatoms. The molecule has 84 valence electrons. The number of hydrogen-bond acceptors (Lipinski definition) is 2. The molecule has 1 aliphatic rings. The summed E-state index contributed by atoms with van der Waals surface area (Å²) >= 11 is 0. The Morgan fingerprint density at radius 2 is 1.87 bits per heavy atom. The fourth-order valence-electron chi connectivity index (χ4n) is 2.05. The van der Waals surface area contributed by atoms with Crippen molar-refractivity contribution >= 4 is 12.4 Å². The summed E-state index contributed by atoms with van der Waals surface area (Å²) in [6, 6.07) is 8.37. The Hall–Kier alpha value is -0.570. The van der Waals surface area contributed by atoms with Crippen LogP contribution in [0.4, 0.5) is 0 Å². The first-order valence-corrected chi connectivity index (χ1v) is 5.16. The molecule has 0 amide bonds. The van der Waals surface area contributed by atoms with Crippen molar-refractivity contribution in [1.29, 1.82) is 0 Å². The van der Waals surface area contributed by atoms with E-state index < -0.39 is 0 Å². The van der Waals surface area contributed by atoms with E-state index in [1.807, 2.05) is 6.07 Å². The number of ether oxygens (including phenoxy) is 1. The maximum atomic E-state index is 5.98. The zero-order chi connectivity index (χ0) is 10.1. The van der Waals surface area contributed by atoms with Gasteiger partial charge in [-0.2, -0.15) is 0 Å². The smallest absolute Gasteiger partial charge is 0.0852 e. The summed E-state index contributed by atoms with van der Waals surface area (Å²) in [5.74, 6) is 0.503. The van der Waals surface area contributed by atoms with Crippen LogP contribution in [0.1, 0.15) is 37.1 Å². The third-order valence-corrected chi connectivity index (χ3v) is 2.76. The zero-order valence-electron chi connectivity index (χ0n) is 9.14. The van der Waals surface area contributed by atoms with Gasteiger partial charge in [-0.1, -0.05) is 38.1 Å². The van der Waals surface area contributed by atoms with Crippen molar-refractivity contribution in [3.05, 3.63) is 35.4 Å². The summed E-state index contributed by atoms with van der Waals surface area (Å²) in [5.41, 5.74) is 8.50. The van der Waals surface area contributed by atoms with Crippen molar-refractivity contribution < 1.29 is 4.74 Å². The van der Waals surface area contributed by atoms with E-state index in [0.717, 1.165) is 0 Å². The molecule has 0 aromatic heterocycles. The Morgan fingerprint density at radius 1 is 1.27 bits per heavy atom. The van der Waals surface area contributed by atoms with E-state index >= 15 is 0 Å². The van der Waals surface area contributed by atoms with Crippen molar-refractivity contribution in [2.45, 2.75) is 26.0 Å². The SMILES string of the molecule is CC(C)C1OCC(N)c2ccccc21.Cl. The van der Waals surface area contributed by atoms with Crippen LogP contribution >= 0.6 is 12.4 Å². The van der Waals surface area contributed by atoms with Crippen molar-refractivity contribution in [2.24, 2.45) is 11.7 Å². The lowest BCUT2D eigenvalue weighted by Crippen LogP contribution is -2.28. The van der Waals surface area contributed by atoms with Crippen molar-refractivity contribution in [3.8, 4) is 0 Å². The van der Waals surface area contributed by atoms with Gasteiger partial charge in [-0.15, -0.1) is 12.4 Å². The Kier molecular flexibility index (Phi) is 4.14. The lowest BCUT2D eigenvalue weighted by Gasteiger charge is -2.32. The van der Waals surface area contributed by atoms with Gasteiger partial charge in [0.25, 0.3) is 0 Å². The molecule has 1 aromatic carbocycles. The number of nitrogens with two attached hydrogens (primary N) is 1. The van der Waals surface area contributed by atoms with Gasteiger partial charge in [-0.3, -0.25) is 0 Å². The van der Waals surface area contributed by atoms with E-state index in [1.54, 1.807) is 0 Å². The van der Waals surface area contributed by atoms with Crippen LogP contribution in [0, 0.1) is 5.92 Å². The van der Waals surface area contributed by atoms with Gasteiger partial charge < -0.3 is 10.5 Å². The van der Waals surface area contributed by atoms with Gasteiger partial charge in [0.15, 0.2) is 0 Å². The molecule has 0 bridgehead atoms. The predicted octanol–water partition coefficient (Wildman–Crippen LogP) is 2.84. The molecule has 1 aromatic rings. The van der Waals surface area contributed by atoms with E-state index in [-0.39, 0.29) is 24.6 Å². The molecule has 0 aliphatic carbocycles. The third-order valence-electron chi connectivity index (χ3n) is 2.76. The Bertz CT molecular complexity index is 327. The largest absolute Gasteiger partial charge is 0.371 e. The van der Waals surface area contributed by atoms with Gasteiger partial charge in [0, 0.05) is 0 Å². The summed E-state index contributed by atoms with van der Waals surface area (Å²) in [5, 5.41) is 0. The highest BCUT2D eigenvalue weighted by molar-refractivity contribution is 5.85. The highest BCUT2D eigenvalue weighted by Gasteiger charge is 2.27. The van der Waals surface area contributed by atoms with Crippen molar-refractivity contribution in [2.75, 3.05) is 6.61 Å². The fourth-order valence-corrected chi connectivity index (χ4v) is 2.05. The third kappa shape index (κ3) is 2.33. The molecule has 0 fully saturated rings. The molecule has 2 unspecified atom stereocenters. The second kappa shape index (κ2) is 4.97. The number of halogens is 1. The molecule has 2 N–H and O–H groups in total. The molecule has 0 radical (unpaired) electrons. The van der Waals surface area contributed by atoms with Crippen LogP contribution in [0.3, 0.4) is 0 Å². The number of fused-ring (bicyclic) bond motifs is 1. The number of benzene rings is 1. The fraction of sp³-hybridized carbons (Fsp3) is 0.500.